The van der Waals surface area contributed by atoms with Gasteiger partial charge in [0, 0.05) is 0 Å². The van der Waals surface area contributed by atoms with E-state index in [4.69, 9.17) is 0 Å². The zero-order valence-electron chi connectivity index (χ0n) is 5.61. The standard InChI is InChI=1S/C3H2F6O2S2/c4-2(5,6)12(10)1-13(11)3(7,8)9/h1H2. The van der Waals surface area contributed by atoms with Crippen molar-refractivity contribution in [1.29, 1.82) is 0 Å². The van der Waals surface area contributed by atoms with Gasteiger partial charge in [0.2, 0.25) is 0 Å². The second-order valence-corrected chi connectivity index (χ2v) is 4.95. The maximum atomic E-state index is 11.4. The molecule has 0 aliphatic carbocycles. The van der Waals surface area contributed by atoms with E-state index in [1.54, 1.807) is 0 Å². The Balaban J connectivity index is 4.34. The molecule has 0 aromatic rings. The summed E-state index contributed by atoms with van der Waals surface area (Å²) in [5.74, 6) is 0. The van der Waals surface area contributed by atoms with Crippen molar-refractivity contribution in [2.24, 2.45) is 0 Å². The first-order valence-corrected chi connectivity index (χ1v) is 5.09. The summed E-state index contributed by atoms with van der Waals surface area (Å²) in [4.78, 5) is 0. The van der Waals surface area contributed by atoms with Crippen molar-refractivity contribution >= 4 is 21.6 Å². The average molecular weight is 248 g/mol. The van der Waals surface area contributed by atoms with Crippen LogP contribution < -0.4 is 0 Å². The van der Waals surface area contributed by atoms with Gasteiger partial charge in [-0.25, -0.2) is 8.42 Å². The smallest absolute Gasteiger partial charge is 0.250 e. The zero-order valence-corrected chi connectivity index (χ0v) is 7.24. The quantitative estimate of drug-likeness (QED) is 0.694. The molecule has 0 heterocycles. The summed E-state index contributed by atoms with van der Waals surface area (Å²) in [5.41, 5.74) is -10.5. The second-order valence-electron chi connectivity index (χ2n) is 1.70. The zero-order chi connectivity index (χ0) is 10.9. The Hall–Kier alpha value is -0.120. The Morgan fingerprint density at radius 1 is 0.769 bits per heavy atom. The molecular weight excluding hydrogens is 246 g/mol. The van der Waals surface area contributed by atoms with Crippen LogP contribution in [0.5, 0.6) is 0 Å². The number of rotatable bonds is 2. The predicted octanol–water partition coefficient (Wildman–Crippen LogP) is 1.48. The van der Waals surface area contributed by atoms with E-state index in [1.807, 2.05) is 0 Å². The molecular formula is C3H2F6O2S2. The number of hydrogen-bond acceptors (Lipinski definition) is 2. The van der Waals surface area contributed by atoms with Crippen LogP contribution in [0.25, 0.3) is 0 Å². The van der Waals surface area contributed by atoms with Gasteiger partial charge in [-0.05, 0) is 0 Å². The van der Waals surface area contributed by atoms with Crippen LogP contribution in [0.3, 0.4) is 0 Å². The number of hydrogen-bond donors (Lipinski definition) is 0. The van der Waals surface area contributed by atoms with Crippen LogP contribution in [0, 0.1) is 0 Å². The topological polar surface area (TPSA) is 34.1 Å². The Kier molecular flexibility index (Phi) is 3.91. The van der Waals surface area contributed by atoms with Crippen molar-refractivity contribution in [2.75, 3.05) is 5.08 Å². The minimum atomic E-state index is -5.26. The number of alkyl halides is 6. The summed E-state index contributed by atoms with van der Waals surface area (Å²) in [6.45, 7) is 0. The van der Waals surface area contributed by atoms with E-state index in [0.29, 0.717) is 0 Å². The van der Waals surface area contributed by atoms with Crippen molar-refractivity contribution < 1.29 is 34.8 Å². The van der Waals surface area contributed by atoms with Crippen LogP contribution in [-0.2, 0) is 21.6 Å². The molecule has 0 aliphatic rings. The van der Waals surface area contributed by atoms with Gasteiger partial charge in [0.1, 0.15) is 26.7 Å². The summed E-state index contributed by atoms with van der Waals surface area (Å²) in [6, 6.07) is 0. The van der Waals surface area contributed by atoms with Gasteiger partial charge in [0.25, 0.3) is 0 Å². The maximum Gasteiger partial charge on any atom is 0.472 e. The molecule has 0 bridgehead atoms. The molecule has 2 nitrogen and oxygen atoms in total. The van der Waals surface area contributed by atoms with Crippen molar-refractivity contribution in [2.45, 2.75) is 11.0 Å². The fraction of sp³-hybridized carbons (Fsp3) is 1.00. The van der Waals surface area contributed by atoms with Crippen molar-refractivity contribution in [3.8, 4) is 0 Å². The number of halogens is 6. The summed E-state index contributed by atoms with van der Waals surface area (Å²) >= 11 is 0. The highest BCUT2D eigenvalue weighted by Gasteiger charge is 2.44. The molecule has 0 saturated carbocycles. The van der Waals surface area contributed by atoms with Gasteiger partial charge in [0.15, 0.2) is 0 Å². The first-order valence-electron chi connectivity index (χ1n) is 2.45. The third-order valence-corrected chi connectivity index (χ3v) is 3.48. The van der Waals surface area contributed by atoms with Crippen molar-refractivity contribution in [3.63, 3.8) is 0 Å². The van der Waals surface area contributed by atoms with Crippen LogP contribution in [0.1, 0.15) is 0 Å². The van der Waals surface area contributed by atoms with Crippen LogP contribution in [0.2, 0.25) is 0 Å². The maximum absolute atomic E-state index is 11.4. The van der Waals surface area contributed by atoms with E-state index in [1.165, 1.54) is 0 Å². The van der Waals surface area contributed by atoms with Crippen LogP contribution >= 0.6 is 0 Å². The molecule has 0 radical (unpaired) electrons. The van der Waals surface area contributed by atoms with E-state index in [2.05, 4.69) is 0 Å². The fourth-order valence-corrected chi connectivity index (χ4v) is 2.08. The van der Waals surface area contributed by atoms with Crippen molar-refractivity contribution in [1.82, 2.24) is 0 Å². The van der Waals surface area contributed by atoms with Gasteiger partial charge < -0.3 is 0 Å². The summed E-state index contributed by atoms with van der Waals surface area (Å²) in [6.07, 6.45) is 0. The third kappa shape index (κ3) is 4.60. The van der Waals surface area contributed by atoms with Gasteiger partial charge in [-0.1, -0.05) is 0 Å². The lowest BCUT2D eigenvalue weighted by Gasteiger charge is -2.07. The molecule has 2 atom stereocenters. The molecule has 2 unspecified atom stereocenters. The molecule has 0 aliphatic heterocycles. The first-order chi connectivity index (χ1) is 5.55. The third-order valence-electron chi connectivity index (χ3n) is 0.730. The highest BCUT2D eigenvalue weighted by molar-refractivity contribution is 8.02. The van der Waals surface area contributed by atoms with Gasteiger partial charge >= 0.3 is 11.0 Å². The molecule has 0 rings (SSSR count). The minimum Gasteiger partial charge on any atom is -0.250 e. The van der Waals surface area contributed by atoms with E-state index in [0.717, 1.165) is 0 Å². The molecule has 0 saturated heterocycles. The molecule has 0 amide bonds. The Morgan fingerprint density at radius 3 is 1.15 bits per heavy atom. The predicted molar refractivity (Wildman–Crippen MR) is 33.3 cm³/mol. The Labute approximate surface area is 73.2 Å². The molecule has 0 spiro atoms. The monoisotopic (exact) mass is 248 g/mol. The highest BCUT2D eigenvalue weighted by Crippen LogP contribution is 2.25. The van der Waals surface area contributed by atoms with Gasteiger partial charge in [0.05, 0.1) is 0 Å². The largest absolute Gasteiger partial charge is 0.472 e. The molecule has 0 fully saturated rings. The molecule has 10 heteroatoms. The Bertz CT molecular complexity index is 205. The van der Waals surface area contributed by atoms with Crippen LogP contribution in [0.4, 0.5) is 26.3 Å². The fourth-order valence-electron chi connectivity index (χ4n) is 0.231. The lowest BCUT2D eigenvalue weighted by molar-refractivity contribution is -0.0399. The molecule has 13 heavy (non-hydrogen) atoms. The van der Waals surface area contributed by atoms with E-state index >= 15 is 0 Å². The summed E-state index contributed by atoms with van der Waals surface area (Å²) < 4.78 is 88.4. The normalized spacial score (nSPS) is 18.3. The Morgan fingerprint density at radius 2 is 1.00 bits per heavy atom. The van der Waals surface area contributed by atoms with E-state index in [-0.39, 0.29) is 0 Å². The second kappa shape index (κ2) is 3.95. The molecule has 0 N–H and O–H groups in total. The summed E-state index contributed by atoms with van der Waals surface area (Å²) in [7, 11) is -7.47. The summed E-state index contributed by atoms with van der Waals surface area (Å²) in [5, 5.41) is -1.97. The minimum absolute atomic E-state index is 1.97. The highest BCUT2D eigenvalue weighted by atomic mass is 32.2. The average Bonchev–Trinajstić information content (AvgIpc) is 1.82. The van der Waals surface area contributed by atoms with E-state index < -0.39 is 37.7 Å². The van der Waals surface area contributed by atoms with Gasteiger partial charge in [-0.3, -0.25) is 0 Å². The van der Waals surface area contributed by atoms with Crippen molar-refractivity contribution in [3.05, 3.63) is 0 Å². The van der Waals surface area contributed by atoms with Gasteiger partial charge in [-0.2, -0.15) is 26.3 Å². The molecule has 0 aromatic carbocycles. The first kappa shape index (κ1) is 12.9. The van der Waals surface area contributed by atoms with E-state index in [9.17, 15) is 34.8 Å². The lowest BCUT2D eigenvalue weighted by Crippen LogP contribution is -2.27. The molecule has 80 valence electrons. The van der Waals surface area contributed by atoms with Gasteiger partial charge in [-0.15, -0.1) is 0 Å². The lowest BCUT2D eigenvalue weighted by atomic mass is 11.5. The van der Waals surface area contributed by atoms with Crippen LogP contribution in [-0.4, -0.2) is 24.5 Å². The van der Waals surface area contributed by atoms with Crippen LogP contribution in [0.15, 0.2) is 0 Å². The molecule has 0 aromatic heterocycles. The SMILES string of the molecule is O=S(CS(=O)C(F)(F)F)C(F)(F)F.